The average Bonchev–Trinajstić information content (AvgIpc) is 2.80. The molecule has 0 radical (unpaired) electrons. The maximum Gasteiger partial charge on any atom is 0.328 e. The molecule has 0 atom stereocenters. The van der Waals surface area contributed by atoms with Gasteiger partial charge in [-0.3, -0.25) is 13.4 Å². The van der Waals surface area contributed by atoms with E-state index in [1.54, 1.807) is 63.5 Å². The molecule has 0 amide bonds. The van der Waals surface area contributed by atoms with Gasteiger partial charge in [-0.25, -0.2) is 13.2 Å². The van der Waals surface area contributed by atoms with Crippen LogP contribution in [0.3, 0.4) is 0 Å². The lowest BCUT2D eigenvalue weighted by Crippen LogP contribution is -2.30. The minimum Gasteiger partial charge on any atom is -0.295 e. The molecule has 0 saturated heterocycles. The number of rotatable bonds is 4. The molecular formula is C17H19N3O3S. The molecule has 3 rings (SSSR count). The zero-order valence-corrected chi connectivity index (χ0v) is 14.6. The summed E-state index contributed by atoms with van der Waals surface area (Å²) in [5.41, 5.74) is 1.72. The summed E-state index contributed by atoms with van der Waals surface area (Å²) in [7, 11) is -0.405. The first-order chi connectivity index (χ1) is 11.4. The van der Waals surface area contributed by atoms with Gasteiger partial charge in [-0.05, 0) is 37.3 Å². The molecule has 24 heavy (non-hydrogen) atoms. The molecule has 1 aromatic heterocycles. The Hall–Kier alpha value is -2.54. The molecule has 2 aromatic carbocycles. The highest BCUT2D eigenvalue weighted by molar-refractivity contribution is 7.92. The molecule has 0 aliphatic heterocycles. The lowest BCUT2D eigenvalue weighted by atomic mass is 10.3. The predicted molar refractivity (Wildman–Crippen MR) is 94.8 cm³/mol. The standard InChI is InChI=1S/C17H19N3O3S/c1-4-20(13-8-6-5-7-9-13)24(22,23)14-10-11-15-16(12-14)19(3)17(21)18(15)2/h5-12H,4H2,1-3H3. The number of sulfonamides is 1. The first-order valence-electron chi connectivity index (χ1n) is 7.61. The van der Waals surface area contributed by atoms with E-state index in [2.05, 4.69) is 0 Å². The fourth-order valence-corrected chi connectivity index (χ4v) is 4.35. The van der Waals surface area contributed by atoms with E-state index in [1.165, 1.54) is 13.4 Å². The number of imidazole rings is 1. The normalized spacial score (nSPS) is 11.8. The van der Waals surface area contributed by atoms with Crippen LogP contribution in [0.4, 0.5) is 5.69 Å². The van der Waals surface area contributed by atoms with Crippen LogP contribution in [-0.2, 0) is 24.1 Å². The zero-order valence-electron chi connectivity index (χ0n) is 13.8. The number of aromatic nitrogens is 2. The minimum atomic E-state index is -3.71. The molecule has 0 spiro atoms. The molecule has 6 nitrogen and oxygen atoms in total. The summed E-state index contributed by atoms with van der Waals surface area (Å²) in [6.07, 6.45) is 0. The largest absolute Gasteiger partial charge is 0.328 e. The molecule has 126 valence electrons. The molecule has 0 N–H and O–H groups in total. The fourth-order valence-electron chi connectivity index (χ4n) is 2.86. The summed E-state index contributed by atoms with van der Waals surface area (Å²) in [6, 6.07) is 13.7. The molecule has 0 aliphatic carbocycles. The molecule has 3 aromatic rings. The van der Waals surface area contributed by atoms with Crippen molar-refractivity contribution in [1.82, 2.24) is 9.13 Å². The molecule has 0 bridgehead atoms. The Morgan fingerprint density at radius 3 is 2.21 bits per heavy atom. The SMILES string of the molecule is CCN(c1ccccc1)S(=O)(=O)c1ccc2c(c1)n(C)c(=O)n2C. The van der Waals surface area contributed by atoms with Crippen LogP contribution in [-0.4, -0.2) is 24.1 Å². The highest BCUT2D eigenvalue weighted by Gasteiger charge is 2.24. The monoisotopic (exact) mass is 345 g/mol. The third kappa shape index (κ3) is 2.41. The quantitative estimate of drug-likeness (QED) is 0.727. The topological polar surface area (TPSA) is 64.3 Å². The van der Waals surface area contributed by atoms with Crippen molar-refractivity contribution >= 4 is 26.7 Å². The Balaban J connectivity index is 2.18. The maximum atomic E-state index is 13.0. The van der Waals surface area contributed by atoms with Gasteiger partial charge in [0.25, 0.3) is 10.0 Å². The van der Waals surface area contributed by atoms with Crippen molar-refractivity contribution in [3.63, 3.8) is 0 Å². The summed E-state index contributed by atoms with van der Waals surface area (Å²) < 4.78 is 30.4. The highest BCUT2D eigenvalue weighted by atomic mass is 32.2. The zero-order chi connectivity index (χ0) is 17.5. The van der Waals surface area contributed by atoms with E-state index >= 15 is 0 Å². The van der Waals surface area contributed by atoms with Crippen molar-refractivity contribution in [3.8, 4) is 0 Å². The summed E-state index contributed by atoms with van der Waals surface area (Å²) in [6.45, 7) is 2.11. The first kappa shape index (κ1) is 16.3. The molecule has 0 unspecified atom stereocenters. The van der Waals surface area contributed by atoms with Gasteiger partial charge < -0.3 is 0 Å². The van der Waals surface area contributed by atoms with Crippen molar-refractivity contribution in [2.45, 2.75) is 11.8 Å². The Morgan fingerprint density at radius 2 is 1.58 bits per heavy atom. The number of aryl methyl sites for hydroxylation is 2. The van der Waals surface area contributed by atoms with Crippen LogP contribution in [0.5, 0.6) is 0 Å². The summed E-state index contributed by atoms with van der Waals surface area (Å²) in [5.74, 6) is 0. The van der Waals surface area contributed by atoms with E-state index in [-0.39, 0.29) is 10.6 Å². The Bertz CT molecular complexity index is 1050. The number of fused-ring (bicyclic) bond motifs is 1. The average molecular weight is 345 g/mol. The Labute approximate surface area is 140 Å². The van der Waals surface area contributed by atoms with Crippen LogP contribution >= 0.6 is 0 Å². The van der Waals surface area contributed by atoms with Gasteiger partial charge in [-0.1, -0.05) is 18.2 Å². The third-order valence-corrected chi connectivity index (χ3v) is 6.06. The highest BCUT2D eigenvalue weighted by Crippen LogP contribution is 2.25. The Morgan fingerprint density at radius 1 is 0.958 bits per heavy atom. The fraction of sp³-hybridized carbons (Fsp3) is 0.235. The second-order valence-electron chi connectivity index (χ2n) is 5.56. The molecular weight excluding hydrogens is 326 g/mol. The van der Waals surface area contributed by atoms with Crippen LogP contribution in [0, 0.1) is 0 Å². The van der Waals surface area contributed by atoms with Crippen molar-refractivity contribution in [1.29, 1.82) is 0 Å². The number of nitrogens with zero attached hydrogens (tertiary/aromatic N) is 3. The van der Waals surface area contributed by atoms with Gasteiger partial charge in [0.15, 0.2) is 0 Å². The number of benzene rings is 2. The number of hydrogen-bond acceptors (Lipinski definition) is 3. The number of anilines is 1. The smallest absolute Gasteiger partial charge is 0.295 e. The van der Waals surface area contributed by atoms with Crippen LogP contribution in [0.1, 0.15) is 6.92 Å². The van der Waals surface area contributed by atoms with Crippen LogP contribution < -0.4 is 9.99 Å². The van der Waals surface area contributed by atoms with Gasteiger partial charge in [0.05, 0.1) is 21.6 Å². The molecule has 1 heterocycles. The number of hydrogen-bond donors (Lipinski definition) is 0. The van der Waals surface area contributed by atoms with Gasteiger partial charge in [0, 0.05) is 20.6 Å². The van der Waals surface area contributed by atoms with Gasteiger partial charge >= 0.3 is 5.69 Å². The second-order valence-corrected chi connectivity index (χ2v) is 7.42. The van der Waals surface area contributed by atoms with Crippen LogP contribution in [0.2, 0.25) is 0 Å². The van der Waals surface area contributed by atoms with Gasteiger partial charge in [-0.15, -0.1) is 0 Å². The summed E-state index contributed by atoms with van der Waals surface area (Å²) in [5, 5.41) is 0. The van der Waals surface area contributed by atoms with Crippen molar-refractivity contribution in [2.24, 2.45) is 14.1 Å². The van der Waals surface area contributed by atoms with E-state index in [0.29, 0.717) is 23.3 Å². The van der Waals surface area contributed by atoms with Gasteiger partial charge in [0.2, 0.25) is 0 Å². The predicted octanol–water partition coefficient (Wildman–Crippen LogP) is 2.09. The molecule has 0 fully saturated rings. The maximum absolute atomic E-state index is 13.0. The van der Waals surface area contributed by atoms with E-state index in [0.717, 1.165) is 0 Å². The van der Waals surface area contributed by atoms with Gasteiger partial charge in [-0.2, -0.15) is 0 Å². The third-order valence-electron chi connectivity index (χ3n) is 4.16. The summed E-state index contributed by atoms with van der Waals surface area (Å²) in [4.78, 5) is 12.2. The van der Waals surface area contributed by atoms with Crippen LogP contribution in [0.25, 0.3) is 11.0 Å². The van der Waals surface area contributed by atoms with E-state index in [1.807, 2.05) is 6.07 Å². The Kier molecular flexibility index (Phi) is 3.96. The van der Waals surface area contributed by atoms with E-state index in [9.17, 15) is 13.2 Å². The lowest BCUT2D eigenvalue weighted by Gasteiger charge is -2.23. The van der Waals surface area contributed by atoms with Gasteiger partial charge in [0.1, 0.15) is 0 Å². The minimum absolute atomic E-state index is 0.168. The first-order valence-corrected chi connectivity index (χ1v) is 9.05. The molecule has 0 aliphatic rings. The van der Waals surface area contributed by atoms with Crippen molar-refractivity contribution < 1.29 is 8.42 Å². The lowest BCUT2D eigenvalue weighted by molar-refractivity contribution is 0.592. The van der Waals surface area contributed by atoms with Crippen molar-refractivity contribution in [3.05, 3.63) is 59.0 Å². The van der Waals surface area contributed by atoms with Crippen molar-refractivity contribution in [2.75, 3.05) is 10.8 Å². The molecule has 0 saturated carbocycles. The number of para-hydroxylation sites is 1. The second kappa shape index (κ2) is 5.83. The van der Waals surface area contributed by atoms with E-state index < -0.39 is 10.0 Å². The summed E-state index contributed by atoms with van der Waals surface area (Å²) >= 11 is 0. The van der Waals surface area contributed by atoms with E-state index in [4.69, 9.17) is 0 Å². The molecule has 7 heteroatoms. The van der Waals surface area contributed by atoms with Crippen LogP contribution in [0.15, 0.2) is 58.2 Å².